The SMILES string of the molecule is CC1=C2N(c3ccc4c(c3)C(C)(C)C(C)(C)C4(C)C)C(=O)N(c3ccc4c(c3)C(C)(C)C(C)(C)C4(C)C)C3=C(C)B(c4c(C)cccc4C)c4cc(-c5ccc6c(c5)c5ccccc5n6-c5ccccc5)cc(c4N23)B1c1c(C)cccc1C. The van der Waals surface area contributed by atoms with E-state index in [-0.39, 0.29) is 51.9 Å². The summed E-state index contributed by atoms with van der Waals surface area (Å²) < 4.78 is 2.41. The maximum atomic E-state index is 17.2. The van der Waals surface area contributed by atoms with Crippen molar-refractivity contribution in [3.8, 4) is 16.8 Å². The zero-order chi connectivity index (χ0) is 59.4. The van der Waals surface area contributed by atoms with E-state index >= 15 is 4.79 Å². The molecule has 4 heterocycles. The molecular formula is C77H80B2N4O. The molecule has 3 aliphatic heterocycles. The summed E-state index contributed by atoms with van der Waals surface area (Å²) in [5.41, 5.74) is 25.7. The van der Waals surface area contributed by atoms with Gasteiger partial charge in [-0.3, -0.25) is 4.90 Å². The van der Waals surface area contributed by atoms with E-state index in [9.17, 15) is 0 Å². The second-order valence-electron chi connectivity index (χ2n) is 28.9. The largest absolute Gasteiger partial charge is 0.340 e. The van der Waals surface area contributed by atoms with Crippen LogP contribution in [0.1, 0.15) is 141 Å². The van der Waals surface area contributed by atoms with Crippen LogP contribution in [-0.2, 0) is 21.7 Å². The van der Waals surface area contributed by atoms with E-state index in [1.54, 1.807) is 0 Å². The molecule has 0 bridgehead atoms. The minimum absolute atomic E-state index is 0.0644. The molecule has 1 aromatic heterocycles. The lowest BCUT2D eigenvalue weighted by atomic mass is 9.29. The molecule has 5 nitrogen and oxygen atoms in total. The molecule has 0 unspecified atom stereocenters. The Labute approximate surface area is 500 Å². The van der Waals surface area contributed by atoms with Crippen molar-refractivity contribution in [2.24, 2.45) is 10.8 Å². The number of nitrogens with zero attached hydrogens (tertiary/aromatic N) is 4. The summed E-state index contributed by atoms with van der Waals surface area (Å²) in [6.07, 6.45) is 0. The van der Waals surface area contributed by atoms with Crippen molar-refractivity contribution in [3.63, 3.8) is 0 Å². The van der Waals surface area contributed by atoms with Crippen LogP contribution >= 0.6 is 0 Å². The third-order valence-electron chi connectivity index (χ3n) is 24.0. The Balaban J connectivity index is 1.11. The third kappa shape index (κ3) is 6.79. The van der Waals surface area contributed by atoms with Gasteiger partial charge in [-0.15, -0.1) is 0 Å². The summed E-state index contributed by atoms with van der Waals surface area (Å²) in [4.78, 5) is 24.1. The van der Waals surface area contributed by atoms with E-state index in [1.165, 1.54) is 99.3 Å². The summed E-state index contributed by atoms with van der Waals surface area (Å²) in [7, 11) is 0. The first-order valence-electron chi connectivity index (χ1n) is 30.7. The van der Waals surface area contributed by atoms with Gasteiger partial charge in [-0.05, 0) is 173 Å². The number of benzene rings is 8. The zero-order valence-corrected chi connectivity index (χ0v) is 52.9. The van der Waals surface area contributed by atoms with Gasteiger partial charge in [0.15, 0.2) is 0 Å². The Bertz CT molecular complexity index is 4210. The molecule has 420 valence electrons. The molecule has 8 aromatic carbocycles. The highest BCUT2D eigenvalue weighted by atomic mass is 16.2. The quantitative estimate of drug-likeness (QED) is 0.155. The number of carbonyl (C=O) groups is 1. The number of rotatable bonds is 6. The first kappa shape index (κ1) is 54.2. The third-order valence-corrected chi connectivity index (χ3v) is 24.0. The molecule has 1 saturated heterocycles. The van der Waals surface area contributed by atoms with Gasteiger partial charge in [0, 0.05) is 22.1 Å². The van der Waals surface area contributed by atoms with Gasteiger partial charge in [0.25, 0.3) is 0 Å². The fourth-order valence-electron chi connectivity index (χ4n) is 16.9. The lowest BCUT2D eigenvalue weighted by Gasteiger charge is -2.54. The van der Waals surface area contributed by atoms with Crippen molar-refractivity contribution in [2.45, 2.75) is 146 Å². The van der Waals surface area contributed by atoms with Crippen molar-refractivity contribution < 1.29 is 4.79 Å². The average Bonchev–Trinajstić information content (AvgIpc) is 1.52. The van der Waals surface area contributed by atoms with Crippen LogP contribution in [0.15, 0.2) is 180 Å². The fraction of sp³-hybridized carbons (Fsp3) is 0.312. The van der Waals surface area contributed by atoms with E-state index < -0.39 is 0 Å². The first-order chi connectivity index (χ1) is 39.7. The summed E-state index contributed by atoms with van der Waals surface area (Å²) >= 11 is 0. The van der Waals surface area contributed by atoms with Crippen LogP contribution in [0.2, 0.25) is 0 Å². The van der Waals surface area contributed by atoms with Gasteiger partial charge in [0.2, 0.25) is 13.4 Å². The molecule has 0 spiro atoms. The van der Waals surface area contributed by atoms with Crippen LogP contribution in [0.3, 0.4) is 0 Å². The highest BCUT2D eigenvalue weighted by molar-refractivity contribution is 6.97. The molecular weight excluding hydrogens is 1020 g/mol. The van der Waals surface area contributed by atoms with Crippen molar-refractivity contribution in [3.05, 3.63) is 225 Å². The molecule has 2 amide bonds. The molecule has 9 aromatic rings. The number of hydrogen-bond acceptors (Lipinski definition) is 2. The molecule has 1 fully saturated rings. The highest BCUT2D eigenvalue weighted by Gasteiger charge is 2.60. The molecule has 0 N–H and O–H groups in total. The van der Waals surface area contributed by atoms with Gasteiger partial charge in [0.1, 0.15) is 11.6 Å². The summed E-state index contributed by atoms with van der Waals surface area (Å²) in [6, 6.07) is 59.3. The Kier molecular flexibility index (Phi) is 11.4. The van der Waals surface area contributed by atoms with Gasteiger partial charge >= 0.3 is 6.03 Å². The van der Waals surface area contributed by atoms with Gasteiger partial charge in [-0.25, -0.2) is 14.6 Å². The van der Waals surface area contributed by atoms with Gasteiger partial charge in [-0.1, -0.05) is 230 Å². The second kappa shape index (κ2) is 17.7. The molecule has 0 saturated carbocycles. The number of amides is 2. The minimum atomic E-state index is -0.191. The maximum absolute atomic E-state index is 17.2. The second-order valence-corrected chi connectivity index (χ2v) is 28.9. The van der Waals surface area contributed by atoms with Crippen molar-refractivity contribution >= 4 is 80.2 Å². The van der Waals surface area contributed by atoms with E-state index in [4.69, 9.17) is 0 Å². The number of para-hydroxylation sites is 2. The average molecular weight is 1100 g/mol. The smallest absolute Gasteiger partial charge is 0.309 e. The van der Waals surface area contributed by atoms with E-state index in [0.717, 1.165) is 45.3 Å². The summed E-state index contributed by atoms with van der Waals surface area (Å²) in [5.74, 6) is 1.85. The van der Waals surface area contributed by atoms with Crippen molar-refractivity contribution in [1.82, 2.24) is 4.57 Å². The molecule has 7 heteroatoms. The van der Waals surface area contributed by atoms with Gasteiger partial charge in [0.05, 0.1) is 22.4 Å². The predicted octanol–water partition coefficient (Wildman–Crippen LogP) is 16.6. The Morgan fingerprint density at radius 1 is 0.357 bits per heavy atom. The van der Waals surface area contributed by atoms with Crippen LogP contribution in [0.4, 0.5) is 21.9 Å². The predicted molar refractivity (Wildman–Crippen MR) is 359 cm³/mol. The van der Waals surface area contributed by atoms with Crippen LogP contribution in [-0.4, -0.2) is 24.0 Å². The topological polar surface area (TPSA) is 31.7 Å². The normalized spacial score (nSPS) is 19.2. The van der Waals surface area contributed by atoms with Crippen LogP contribution in [0.5, 0.6) is 0 Å². The standard InChI is InChI=1S/C77H80B2N4O/c1-45-26-24-27-46(2)66(45)78-49(5)69-81(54-35-37-58-60(43-54)74(11,12)76(15,16)72(58,7)8)71(84)82(55-36-38-59-61(44-55)75(13,14)77(17,18)73(59,9)10)70-50(6)79(67-47(3)28-25-29-48(67)4)63-42-52(41-62(78)68(63)83(69)70)51-34-39-65-57(40-51)56-32-22-23-33-64(56)80(65)53-30-20-19-21-31-53/h19-44H,1-18H3. The van der Waals surface area contributed by atoms with E-state index in [1.807, 2.05) is 0 Å². The van der Waals surface area contributed by atoms with E-state index in [0.29, 0.717) is 0 Å². The maximum Gasteiger partial charge on any atom is 0.340 e. The Morgan fingerprint density at radius 2 is 0.786 bits per heavy atom. The van der Waals surface area contributed by atoms with Crippen LogP contribution < -0.4 is 36.6 Å². The first-order valence-corrected chi connectivity index (χ1v) is 30.7. The van der Waals surface area contributed by atoms with Crippen LogP contribution in [0, 0.1) is 38.5 Å². The number of anilines is 3. The minimum Gasteiger partial charge on any atom is -0.309 e. The van der Waals surface area contributed by atoms with Crippen LogP contribution in [0.25, 0.3) is 38.6 Å². The number of fused-ring (bicyclic) bond motifs is 5. The molecule has 2 aliphatic carbocycles. The number of allylic oxidation sites excluding steroid dienone is 2. The number of urea groups is 1. The van der Waals surface area contributed by atoms with E-state index in [2.05, 4.69) is 302 Å². The van der Waals surface area contributed by atoms with Gasteiger partial charge in [-0.2, -0.15) is 0 Å². The van der Waals surface area contributed by atoms with Crippen molar-refractivity contribution in [2.75, 3.05) is 14.7 Å². The fourth-order valence-corrected chi connectivity index (χ4v) is 16.9. The molecule has 5 aliphatic rings. The molecule has 14 rings (SSSR count). The number of aromatic nitrogens is 1. The lowest BCUT2D eigenvalue weighted by Crippen LogP contribution is -2.68. The Morgan fingerprint density at radius 3 is 1.26 bits per heavy atom. The Hall–Kier alpha value is -7.76. The monoisotopic (exact) mass is 1100 g/mol. The molecule has 84 heavy (non-hydrogen) atoms. The highest BCUT2D eigenvalue weighted by Crippen LogP contribution is 2.64. The molecule has 0 radical (unpaired) electrons. The number of hydrogen-bond donors (Lipinski definition) is 0. The number of aryl methyl sites for hydroxylation is 4. The van der Waals surface area contributed by atoms with Gasteiger partial charge < -0.3 is 4.57 Å². The summed E-state index contributed by atoms with van der Waals surface area (Å²) in [6.45, 7) is 42.4. The lowest BCUT2D eigenvalue weighted by molar-refractivity contribution is 0.125. The molecule has 0 atom stereocenters. The number of carbonyl (C=O) groups excluding carboxylic acids is 1. The zero-order valence-electron chi connectivity index (χ0n) is 52.9. The van der Waals surface area contributed by atoms with Crippen molar-refractivity contribution in [1.29, 1.82) is 0 Å². The summed E-state index contributed by atoms with van der Waals surface area (Å²) in [5, 5.41) is 2.45.